The average Bonchev–Trinajstić information content (AvgIpc) is 3.04. The molecule has 0 radical (unpaired) electrons. The average molecular weight is 346 g/mol. The zero-order chi connectivity index (χ0) is 16.0. The minimum atomic E-state index is -4.46. The molecule has 3 aromatic rings. The molecule has 0 aliphatic heterocycles. The Hall–Kier alpha value is -1.80. The monoisotopic (exact) mass is 346 g/mol. The molecule has 0 bridgehead atoms. The van der Waals surface area contributed by atoms with Crippen molar-refractivity contribution in [1.82, 2.24) is 0 Å². The van der Waals surface area contributed by atoms with Gasteiger partial charge in [0, 0.05) is 5.39 Å². The fourth-order valence-electron chi connectivity index (χ4n) is 2.04. The third kappa shape index (κ3) is 2.89. The summed E-state index contributed by atoms with van der Waals surface area (Å²) in [5.41, 5.74) is 0.679. The summed E-state index contributed by atoms with van der Waals surface area (Å²) in [6.07, 6.45) is -3.02. The third-order valence-electron chi connectivity index (χ3n) is 3.07. The summed E-state index contributed by atoms with van der Waals surface area (Å²) in [7, 11) is -3.72. The predicted octanol–water partition coefficient (Wildman–Crippen LogP) is 4.49. The summed E-state index contributed by atoms with van der Waals surface area (Å²) in [4.78, 5) is -0.746. The maximum Gasteiger partial charge on any atom is 0.425 e. The van der Waals surface area contributed by atoms with Crippen LogP contribution in [0.3, 0.4) is 0 Å². The van der Waals surface area contributed by atoms with Crippen molar-refractivity contribution in [2.45, 2.75) is 16.8 Å². The maximum absolute atomic E-state index is 12.5. The van der Waals surface area contributed by atoms with Crippen molar-refractivity contribution in [2.24, 2.45) is 0 Å². The maximum atomic E-state index is 12.5. The summed E-state index contributed by atoms with van der Waals surface area (Å²) >= 11 is 0.492. The first-order chi connectivity index (χ1) is 10.3. The van der Waals surface area contributed by atoms with Crippen molar-refractivity contribution < 1.29 is 26.0 Å². The molecule has 0 atom stereocenters. The number of rotatable bonds is 3. The molecule has 3 rings (SSSR count). The SMILES string of the molecule is O=S(=O)(Cc1csc(C(F)(F)F)c1)c1ccc2occc2c1. The highest BCUT2D eigenvalue weighted by atomic mass is 32.2. The molecule has 0 fully saturated rings. The van der Waals surface area contributed by atoms with Gasteiger partial charge in [-0.2, -0.15) is 13.2 Å². The molecule has 0 saturated heterocycles. The number of fused-ring (bicyclic) bond motifs is 1. The van der Waals surface area contributed by atoms with E-state index in [1.807, 2.05) is 0 Å². The summed E-state index contributed by atoms with van der Waals surface area (Å²) in [6.45, 7) is 0. The molecule has 0 amide bonds. The Kier molecular flexibility index (Phi) is 3.53. The highest BCUT2D eigenvalue weighted by Gasteiger charge is 2.32. The van der Waals surface area contributed by atoms with Crippen molar-refractivity contribution >= 4 is 32.1 Å². The lowest BCUT2D eigenvalue weighted by molar-refractivity contribution is -0.134. The third-order valence-corrected chi connectivity index (χ3v) is 5.78. The predicted molar refractivity (Wildman–Crippen MR) is 76.4 cm³/mol. The summed E-state index contributed by atoms with van der Waals surface area (Å²) in [5.74, 6) is -0.469. The van der Waals surface area contributed by atoms with Crippen LogP contribution in [-0.2, 0) is 21.8 Å². The molecule has 8 heteroatoms. The summed E-state index contributed by atoms with van der Waals surface area (Å²) < 4.78 is 67.4. The van der Waals surface area contributed by atoms with Gasteiger partial charge in [-0.25, -0.2) is 8.42 Å². The molecule has 0 spiro atoms. The molecule has 22 heavy (non-hydrogen) atoms. The van der Waals surface area contributed by atoms with Gasteiger partial charge in [-0.1, -0.05) is 0 Å². The lowest BCUT2D eigenvalue weighted by Crippen LogP contribution is -2.05. The van der Waals surface area contributed by atoms with Crippen molar-refractivity contribution in [3.63, 3.8) is 0 Å². The van der Waals surface area contributed by atoms with Crippen LogP contribution in [0.4, 0.5) is 13.2 Å². The molecule has 116 valence electrons. The Labute approximate surface area is 127 Å². The van der Waals surface area contributed by atoms with Crippen LogP contribution < -0.4 is 0 Å². The molecule has 0 saturated carbocycles. The van der Waals surface area contributed by atoms with Crippen molar-refractivity contribution in [1.29, 1.82) is 0 Å². The van der Waals surface area contributed by atoms with Gasteiger partial charge in [0.1, 0.15) is 10.5 Å². The zero-order valence-corrected chi connectivity index (χ0v) is 12.6. The first-order valence-electron chi connectivity index (χ1n) is 6.10. The largest absolute Gasteiger partial charge is 0.464 e. The molecular weight excluding hydrogens is 337 g/mol. The minimum Gasteiger partial charge on any atom is -0.464 e. The summed E-state index contributed by atoms with van der Waals surface area (Å²) in [6, 6.07) is 6.86. The van der Waals surface area contributed by atoms with Crippen molar-refractivity contribution in [3.05, 3.63) is 52.4 Å². The first-order valence-corrected chi connectivity index (χ1v) is 8.63. The van der Waals surface area contributed by atoms with E-state index in [4.69, 9.17) is 4.42 Å². The fourth-order valence-corrected chi connectivity index (χ4v) is 4.28. The number of hydrogen-bond acceptors (Lipinski definition) is 4. The van der Waals surface area contributed by atoms with Gasteiger partial charge < -0.3 is 4.42 Å². The quantitative estimate of drug-likeness (QED) is 0.702. The zero-order valence-electron chi connectivity index (χ0n) is 10.9. The molecular formula is C14H9F3O3S2. The van der Waals surface area contributed by atoms with Crippen molar-refractivity contribution in [3.8, 4) is 0 Å². The van der Waals surface area contributed by atoms with Gasteiger partial charge in [0.2, 0.25) is 0 Å². The molecule has 2 heterocycles. The second kappa shape index (κ2) is 5.13. The van der Waals surface area contributed by atoms with Crippen LogP contribution in [0.2, 0.25) is 0 Å². The standard InChI is InChI=1S/C14H9F3O3S2/c15-14(16,17)13-5-9(7-21-13)8-22(18,19)11-1-2-12-10(6-11)3-4-20-12/h1-7H,8H2. The Balaban J connectivity index is 1.91. The van der Waals surface area contributed by atoms with Crippen LogP contribution in [0.1, 0.15) is 10.4 Å². The molecule has 1 aromatic carbocycles. The molecule has 0 aliphatic rings. The van der Waals surface area contributed by atoms with E-state index in [1.54, 1.807) is 6.07 Å². The lowest BCUT2D eigenvalue weighted by atomic mass is 10.3. The Morgan fingerprint density at radius 3 is 2.59 bits per heavy atom. The number of benzene rings is 1. The Bertz CT molecular complexity index is 920. The Morgan fingerprint density at radius 2 is 1.91 bits per heavy atom. The van der Waals surface area contributed by atoms with Gasteiger partial charge in [-0.05, 0) is 41.3 Å². The van der Waals surface area contributed by atoms with Crippen LogP contribution in [0.15, 0.2) is 51.3 Å². The number of hydrogen-bond donors (Lipinski definition) is 0. The molecule has 3 nitrogen and oxygen atoms in total. The number of furan rings is 1. The van der Waals surface area contributed by atoms with Gasteiger partial charge in [0.15, 0.2) is 9.84 Å². The molecule has 0 aliphatic carbocycles. The topological polar surface area (TPSA) is 47.3 Å². The molecule has 0 N–H and O–H groups in total. The number of halogens is 3. The summed E-state index contributed by atoms with van der Waals surface area (Å²) in [5, 5.41) is 1.85. The van der Waals surface area contributed by atoms with E-state index in [9.17, 15) is 21.6 Å². The molecule has 2 aromatic heterocycles. The van der Waals surface area contributed by atoms with E-state index in [0.717, 1.165) is 6.07 Å². The van der Waals surface area contributed by atoms with Crippen LogP contribution in [0, 0.1) is 0 Å². The number of thiophene rings is 1. The van der Waals surface area contributed by atoms with E-state index in [1.165, 1.54) is 29.8 Å². The van der Waals surface area contributed by atoms with Gasteiger partial charge in [-0.15, -0.1) is 11.3 Å². The van der Waals surface area contributed by atoms with Crippen molar-refractivity contribution in [2.75, 3.05) is 0 Å². The fraction of sp³-hybridized carbons (Fsp3) is 0.143. The van der Waals surface area contributed by atoms with Gasteiger partial charge >= 0.3 is 6.18 Å². The lowest BCUT2D eigenvalue weighted by Gasteiger charge is -2.03. The van der Waals surface area contributed by atoms with Crippen LogP contribution in [0.25, 0.3) is 11.0 Å². The van der Waals surface area contributed by atoms with E-state index in [0.29, 0.717) is 22.3 Å². The van der Waals surface area contributed by atoms with Crippen LogP contribution in [0.5, 0.6) is 0 Å². The highest BCUT2D eigenvalue weighted by Crippen LogP contribution is 2.35. The first kappa shape index (κ1) is 15.1. The van der Waals surface area contributed by atoms with E-state index in [2.05, 4.69) is 0 Å². The van der Waals surface area contributed by atoms with E-state index in [-0.39, 0.29) is 10.5 Å². The van der Waals surface area contributed by atoms with E-state index >= 15 is 0 Å². The number of sulfone groups is 1. The highest BCUT2D eigenvalue weighted by molar-refractivity contribution is 7.90. The van der Waals surface area contributed by atoms with Crippen LogP contribution >= 0.6 is 11.3 Å². The van der Waals surface area contributed by atoms with Gasteiger partial charge in [0.05, 0.1) is 16.9 Å². The smallest absolute Gasteiger partial charge is 0.425 e. The van der Waals surface area contributed by atoms with Gasteiger partial charge in [-0.3, -0.25) is 0 Å². The number of alkyl halides is 3. The second-order valence-electron chi connectivity index (χ2n) is 4.70. The van der Waals surface area contributed by atoms with Crippen LogP contribution in [-0.4, -0.2) is 8.42 Å². The normalized spacial score (nSPS) is 12.9. The minimum absolute atomic E-state index is 0.0566. The molecule has 0 unspecified atom stereocenters. The van der Waals surface area contributed by atoms with E-state index < -0.39 is 26.6 Å². The second-order valence-corrected chi connectivity index (χ2v) is 7.60. The van der Waals surface area contributed by atoms with Gasteiger partial charge in [0.25, 0.3) is 0 Å². The Morgan fingerprint density at radius 1 is 1.14 bits per heavy atom.